The number of ether oxygens (including phenoxy) is 1. The molecule has 0 saturated carbocycles. The normalized spacial score (nSPS) is 16.7. The van der Waals surface area contributed by atoms with E-state index in [1.54, 1.807) is 0 Å². The van der Waals surface area contributed by atoms with E-state index in [0.29, 0.717) is 38.4 Å². The van der Waals surface area contributed by atoms with E-state index < -0.39 is 0 Å². The summed E-state index contributed by atoms with van der Waals surface area (Å²) in [5, 5.41) is 3.38. The number of hydrogen-bond donors (Lipinski definition) is 2. The molecule has 2 heterocycles. The zero-order valence-electron chi connectivity index (χ0n) is 17.4. The fraction of sp³-hybridized carbons (Fsp3) is 0.304. The summed E-state index contributed by atoms with van der Waals surface area (Å²) in [6, 6.07) is 13.4. The summed E-state index contributed by atoms with van der Waals surface area (Å²) in [6.45, 7) is 5.15. The molecule has 0 aromatic heterocycles. The average Bonchev–Trinajstić information content (AvgIpc) is 2.76. The van der Waals surface area contributed by atoms with Crippen LogP contribution in [0.25, 0.3) is 5.70 Å². The highest BCUT2D eigenvalue weighted by molar-refractivity contribution is 6.02. The number of benzene rings is 2. The first-order valence-corrected chi connectivity index (χ1v) is 10.1. The first-order valence-electron chi connectivity index (χ1n) is 10.1. The Labute approximate surface area is 176 Å². The molecule has 1 saturated heterocycles. The van der Waals surface area contributed by atoms with Gasteiger partial charge in [0.05, 0.1) is 25.5 Å². The van der Waals surface area contributed by atoms with Gasteiger partial charge in [-0.2, -0.15) is 0 Å². The van der Waals surface area contributed by atoms with Crippen LogP contribution in [0.3, 0.4) is 0 Å². The van der Waals surface area contributed by atoms with Crippen LogP contribution in [-0.2, 0) is 4.74 Å². The minimum atomic E-state index is 0.0435. The molecule has 3 N–H and O–H groups in total. The van der Waals surface area contributed by atoms with E-state index in [1.165, 1.54) is 0 Å². The molecule has 2 aliphatic rings. The third-order valence-corrected chi connectivity index (χ3v) is 5.37. The highest BCUT2D eigenvalue weighted by Gasteiger charge is 2.19. The molecule has 30 heavy (non-hydrogen) atoms. The Bertz CT molecular complexity index is 991. The van der Waals surface area contributed by atoms with Gasteiger partial charge in [-0.1, -0.05) is 12.1 Å². The van der Waals surface area contributed by atoms with E-state index in [-0.39, 0.29) is 5.91 Å². The molecule has 0 bridgehead atoms. The van der Waals surface area contributed by atoms with Crippen LogP contribution in [-0.4, -0.2) is 61.4 Å². The second-order valence-electron chi connectivity index (χ2n) is 7.61. The van der Waals surface area contributed by atoms with Gasteiger partial charge in [0.2, 0.25) is 0 Å². The van der Waals surface area contributed by atoms with Crippen LogP contribution in [0.15, 0.2) is 53.7 Å². The van der Waals surface area contributed by atoms with Crippen molar-refractivity contribution in [3.63, 3.8) is 0 Å². The van der Waals surface area contributed by atoms with E-state index in [1.807, 2.05) is 67.5 Å². The predicted molar refractivity (Wildman–Crippen MR) is 120 cm³/mol. The zero-order chi connectivity index (χ0) is 21.1. The van der Waals surface area contributed by atoms with Gasteiger partial charge in [-0.05, 0) is 42.8 Å². The smallest absolute Gasteiger partial charge is 0.254 e. The molecule has 2 aromatic rings. The quantitative estimate of drug-likeness (QED) is 0.768. The van der Waals surface area contributed by atoms with Crippen molar-refractivity contribution in [2.75, 3.05) is 50.9 Å². The van der Waals surface area contributed by atoms with Crippen molar-refractivity contribution in [2.24, 2.45) is 4.99 Å². The van der Waals surface area contributed by atoms with Crippen LogP contribution in [0.4, 0.5) is 11.4 Å². The Morgan fingerprint density at radius 2 is 1.87 bits per heavy atom. The second-order valence-corrected chi connectivity index (χ2v) is 7.61. The number of nitrogens with one attached hydrogen (secondary N) is 1. The van der Waals surface area contributed by atoms with Gasteiger partial charge in [-0.25, -0.2) is 4.99 Å². The van der Waals surface area contributed by atoms with Crippen molar-refractivity contribution in [3.05, 3.63) is 65.4 Å². The predicted octanol–water partition coefficient (Wildman–Crippen LogP) is 2.80. The van der Waals surface area contributed by atoms with Crippen molar-refractivity contribution in [3.8, 4) is 0 Å². The van der Waals surface area contributed by atoms with Crippen LogP contribution in [0, 0.1) is 6.92 Å². The van der Waals surface area contributed by atoms with Gasteiger partial charge in [0.25, 0.3) is 5.91 Å². The number of nitrogens with two attached hydrogens (primary N) is 1. The highest BCUT2D eigenvalue weighted by atomic mass is 16.5. The summed E-state index contributed by atoms with van der Waals surface area (Å²) < 4.78 is 5.32. The van der Waals surface area contributed by atoms with Gasteiger partial charge in [0, 0.05) is 48.8 Å². The van der Waals surface area contributed by atoms with Crippen molar-refractivity contribution in [1.29, 1.82) is 0 Å². The van der Waals surface area contributed by atoms with Crippen LogP contribution >= 0.6 is 0 Å². The number of likely N-dealkylation sites (N-methyl/N-ethyl adjacent to an activating group) is 1. The number of morpholine rings is 1. The van der Waals surface area contributed by atoms with E-state index in [9.17, 15) is 4.79 Å². The molecule has 0 atom stereocenters. The minimum absolute atomic E-state index is 0.0435. The summed E-state index contributed by atoms with van der Waals surface area (Å²) in [7, 11) is 2.02. The van der Waals surface area contributed by atoms with Crippen molar-refractivity contribution >= 4 is 28.8 Å². The Morgan fingerprint density at radius 1 is 1.13 bits per heavy atom. The Balaban J connectivity index is 1.49. The molecule has 0 spiro atoms. The summed E-state index contributed by atoms with van der Waals surface area (Å²) >= 11 is 0. The van der Waals surface area contributed by atoms with Gasteiger partial charge in [0.15, 0.2) is 0 Å². The molecular weight excluding hydrogens is 378 g/mol. The van der Waals surface area contributed by atoms with E-state index in [2.05, 4.69) is 10.2 Å². The van der Waals surface area contributed by atoms with Crippen molar-refractivity contribution in [2.45, 2.75) is 6.92 Å². The third-order valence-electron chi connectivity index (χ3n) is 5.37. The standard InChI is InChI=1S/C23H27N5O2/c1-16-19(4-3-5-20(16)24)21-14-27(2)15-22(26-21)25-18-8-6-17(7-9-18)23(29)28-10-12-30-13-11-28/h3-9,14H,10-13,15,24H2,1-2H3,(H,25,26). The summed E-state index contributed by atoms with van der Waals surface area (Å²) in [5.41, 5.74) is 11.3. The van der Waals surface area contributed by atoms with E-state index in [0.717, 1.165) is 34.0 Å². The number of anilines is 2. The summed E-state index contributed by atoms with van der Waals surface area (Å²) in [6.07, 6.45) is 2.02. The third kappa shape index (κ3) is 4.31. The largest absolute Gasteiger partial charge is 0.398 e. The fourth-order valence-corrected chi connectivity index (χ4v) is 3.64. The lowest BCUT2D eigenvalue weighted by atomic mass is 10.0. The molecule has 4 rings (SSSR count). The minimum Gasteiger partial charge on any atom is -0.398 e. The summed E-state index contributed by atoms with van der Waals surface area (Å²) in [4.78, 5) is 21.3. The number of rotatable bonds is 3. The van der Waals surface area contributed by atoms with Gasteiger partial charge in [-0.3, -0.25) is 4.79 Å². The maximum absolute atomic E-state index is 12.6. The topological polar surface area (TPSA) is 83.2 Å². The molecule has 7 nitrogen and oxygen atoms in total. The number of hydrogen-bond acceptors (Lipinski definition) is 6. The SMILES string of the molecule is Cc1c(N)cccc1C1=CN(C)CC(Nc2ccc(C(=O)N3CCOCC3)cc2)=N1. The molecule has 0 radical (unpaired) electrons. The Morgan fingerprint density at radius 3 is 2.60 bits per heavy atom. The Hall–Kier alpha value is -3.32. The van der Waals surface area contributed by atoms with Crippen molar-refractivity contribution < 1.29 is 9.53 Å². The van der Waals surface area contributed by atoms with Crippen LogP contribution < -0.4 is 11.1 Å². The monoisotopic (exact) mass is 405 g/mol. The maximum atomic E-state index is 12.6. The van der Waals surface area contributed by atoms with Crippen LogP contribution in [0.5, 0.6) is 0 Å². The van der Waals surface area contributed by atoms with Crippen molar-refractivity contribution in [1.82, 2.24) is 9.80 Å². The van der Waals surface area contributed by atoms with Gasteiger partial charge < -0.3 is 25.6 Å². The highest BCUT2D eigenvalue weighted by Crippen LogP contribution is 2.26. The van der Waals surface area contributed by atoms with Gasteiger partial charge >= 0.3 is 0 Å². The number of amidine groups is 1. The molecule has 1 amide bonds. The molecule has 2 aliphatic heterocycles. The lowest BCUT2D eigenvalue weighted by Gasteiger charge is -2.27. The number of amides is 1. The molecule has 1 fully saturated rings. The Kier molecular flexibility index (Phi) is 5.72. The number of nitrogen functional groups attached to an aromatic ring is 1. The molecule has 0 aliphatic carbocycles. The first kappa shape index (κ1) is 20.0. The number of carbonyl (C=O) groups excluding carboxylic acids is 1. The molecule has 7 heteroatoms. The van der Waals surface area contributed by atoms with Crippen LogP contribution in [0.1, 0.15) is 21.5 Å². The van der Waals surface area contributed by atoms with Gasteiger partial charge in [0.1, 0.15) is 5.84 Å². The second kappa shape index (κ2) is 8.59. The van der Waals surface area contributed by atoms with Crippen LogP contribution in [0.2, 0.25) is 0 Å². The fourth-order valence-electron chi connectivity index (χ4n) is 3.64. The molecular formula is C23H27N5O2. The van der Waals surface area contributed by atoms with E-state index >= 15 is 0 Å². The maximum Gasteiger partial charge on any atom is 0.254 e. The lowest BCUT2D eigenvalue weighted by molar-refractivity contribution is 0.0303. The van der Waals surface area contributed by atoms with Gasteiger partial charge in [-0.15, -0.1) is 0 Å². The zero-order valence-corrected chi connectivity index (χ0v) is 17.4. The lowest BCUT2D eigenvalue weighted by Crippen LogP contribution is -2.40. The number of nitrogens with zero attached hydrogens (tertiary/aromatic N) is 3. The molecule has 2 aromatic carbocycles. The first-order chi connectivity index (χ1) is 14.5. The average molecular weight is 406 g/mol. The van der Waals surface area contributed by atoms with E-state index in [4.69, 9.17) is 15.5 Å². The molecule has 0 unspecified atom stereocenters. The number of aliphatic imine (C=N–C) groups is 1. The summed E-state index contributed by atoms with van der Waals surface area (Å²) in [5.74, 6) is 0.881. The number of carbonyl (C=O) groups is 1. The molecule has 156 valence electrons.